The van der Waals surface area contributed by atoms with Crippen LogP contribution in [0.1, 0.15) is 21.7 Å². The van der Waals surface area contributed by atoms with Gasteiger partial charge >= 0.3 is 0 Å². The van der Waals surface area contributed by atoms with E-state index in [2.05, 4.69) is 20.7 Å². The zero-order valence-electron chi connectivity index (χ0n) is 17.4. The first-order valence-corrected chi connectivity index (χ1v) is 10.7. The van der Waals surface area contributed by atoms with Crippen molar-refractivity contribution < 1.29 is 14.1 Å². The summed E-state index contributed by atoms with van der Waals surface area (Å²) < 4.78 is 7.48. The van der Waals surface area contributed by atoms with Crippen LogP contribution in [-0.4, -0.2) is 31.8 Å². The zero-order valence-corrected chi connectivity index (χ0v) is 18.2. The molecule has 0 saturated carbocycles. The maximum atomic E-state index is 12.3. The van der Waals surface area contributed by atoms with Crippen LogP contribution in [0.25, 0.3) is 11.3 Å². The molecule has 0 radical (unpaired) electrons. The maximum Gasteiger partial charge on any atom is 0.271 e. The van der Waals surface area contributed by atoms with Crippen LogP contribution >= 0.6 is 11.8 Å². The van der Waals surface area contributed by atoms with Gasteiger partial charge in [-0.15, -0.1) is 10.2 Å². The van der Waals surface area contributed by atoms with Crippen LogP contribution in [-0.2, 0) is 12.8 Å². The second kappa shape index (κ2) is 9.92. The van der Waals surface area contributed by atoms with E-state index in [4.69, 9.17) is 4.42 Å². The number of aromatic nitrogens is 3. The normalized spacial score (nSPS) is 11.1. The average Bonchev–Trinajstić information content (AvgIpc) is 3.47. The van der Waals surface area contributed by atoms with Gasteiger partial charge in [0.15, 0.2) is 5.16 Å². The lowest BCUT2D eigenvalue weighted by Gasteiger charge is -2.03. The highest BCUT2D eigenvalue weighted by Gasteiger charge is 2.10. The number of nitrogens with one attached hydrogen (secondary N) is 1. The molecule has 4 aromatic rings. The predicted molar refractivity (Wildman–Crippen MR) is 123 cm³/mol. The summed E-state index contributed by atoms with van der Waals surface area (Å²) in [7, 11) is 1.88. The molecule has 1 N–H and O–H groups in total. The highest BCUT2D eigenvalue weighted by Crippen LogP contribution is 2.25. The Labute approximate surface area is 192 Å². The van der Waals surface area contributed by atoms with Gasteiger partial charge in [0.2, 0.25) is 0 Å². The predicted octanol–water partition coefficient (Wildman–Crippen LogP) is 4.04. The summed E-state index contributed by atoms with van der Waals surface area (Å²) in [4.78, 5) is 22.8. The van der Waals surface area contributed by atoms with Crippen LogP contribution in [0.5, 0.6) is 0 Å². The fourth-order valence-electron chi connectivity index (χ4n) is 2.87. The van der Waals surface area contributed by atoms with E-state index < -0.39 is 4.92 Å². The summed E-state index contributed by atoms with van der Waals surface area (Å²) in [5, 5.41) is 23.5. The Hall–Kier alpha value is -4.25. The molecular formula is C22H18N6O4S. The number of benzene rings is 2. The van der Waals surface area contributed by atoms with E-state index in [0.29, 0.717) is 28.4 Å². The number of rotatable bonds is 8. The van der Waals surface area contributed by atoms with Crippen LogP contribution in [0.4, 0.5) is 5.69 Å². The maximum absolute atomic E-state index is 12.3. The van der Waals surface area contributed by atoms with Crippen LogP contribution in [0.3, 0.4) is 0 Å². The van der Waals surface area contributed by atoms with Crippen molar-refractivity contribution in [3.8, 4) is 11.3 Å². The number of aryl methyl sites for hydroxylation is 1. The molecule has 0 unspecified atom stereocenters. The quantitative estimate of drug-likeness (QED) is 0.181. The Balaban J connectivity index is 1.32. The third-order valence-corrected chi connectivity index (χ3v) is 5.69. The van der Waals surface area contributed by atoms with E-state index in [0.717, 1.165) is 10.7 Å². The molecular weight excluding hydrogens is 444 g/mol. The molecule has 4 rings (SSSR count). The Kier molecular flexibility index (Phi) is 6.60. The minimum absolute atomic E-state index is 0.0235. The summed E-state index contributed by atoms with van der Waals surface area (Å²) in [5.41, 5.74) is 4.52. The van der Waals surface area contributed by atoms with Gasteiger partial charge in [-0.3, -0.25) is 14.9 Å². The Morgan fingerprint density at radius 3 is 2.79 bits per heavy atom. The largest absolute Gasteiger partial charge is 0.455 e. The van der Waals surface area contributed by atoms with Crippen molar-refractivity contribution >= 4 is 29.6 Å². The van der Waals surface area contributed by atoms with Crippen molar-refractivity contribution in [3.63, 3.8) is 0 Å². The number of furan rings is 1. The Morgan fingerprint density at radius 2 is 2.06 bits per heavy atom. The van der Waals surface area contributed by atoms with Crippen molar-refractivity contribution in [2.75, 3.05) is 0 Å². The minimum Gasteiger partial charge on any atom is -0.455 e. The third-order valence-electron chi connectivity index (χ3n) is 4.58. The number of carbonyl (C=O) groups excluding carboxylic acids is 1. The summed E-state index contributed by atoms with van der Waals surface area (Å²) in [5.74, 6) is 1.20. The van der Waals surface area contributed by atoms with E-state index in [1.165, 1.54) is 18.3 Å². The summed E-state index contributed by atoms with van der Waals surface area (Å²) in [6.45, 7) is 0. The number of nitro groups is 1. The molecule has 0 saturated heterocycles. The van der Waals surface area contributed by atoms with Gasteiger partial charge in [-0.1, -0.05) is 36.0 Å². The van der Waals surface area contributed by atoms with E-state index in [1.54, 1.807) is 54.5 Å². The smallest absolute Gasteiger partial charge is 0.271 e. The number of carbonyl (C=O) groups is 1. The number of hydrogen-bond acceptors (Lipinski definition) is 8. The molecule has 2 aromatic carbocycles. The lowest BCUT2D eigenvalue weighted by molar-refractivity contribution is -0.384. The van der Waals surface area contributed by atoms with Crippen molar-refractivity contribution in [2.24, 2.45) is 12.1 Å². The molecule has 10 nitrogen and oxygen atoms in total. The molecule has 0 spiro atoms. The number of hydrogen-bond donors (Lipinski definition) is 1. The number of nitrogens with zero attached hydrogens (tertiary/aromatic N) is 5. The topological polar surface area (TPSA) is 128 Å². The summed E-state index contributed by atoms with van der Waals surface area (Å²) in [6.07, 6.45) is 3.01. The molecule has 1 amide bonds. The van der Waals surface area contributed by atoms with Crippen molar-refractivity contribution in [1.29, 1.82) is 0 Å². The molecule has 0 aliphatic heterocycles. The molecule has 166 valence electrons. The van der Waals surface area contributed by atoms with Gasteiger partial charge in [0.05, 0.1) is 11.1 Å². The molecule has 33 heavy (non-hydrogen) atoms. The molecule has 11 heteroatoms. The SMILES string of the molecule is Cn1cnnc1SCc1ccc(C(=O)N/N=C/c2ccc(-c3cccc([N+](=O)[O-])c3)o2)cc1. The molecule has 2 aromatic heterocycles. The zero-order chi connectivity index (χ0) is 23.2. The summed E-state index contributed by atoms with van der Waals surface area (Å²) in [6, 6.07) is 16.7. The van der Waals surface area contributed by atoms with Gasteiger partial charge in [0.1, 0.15) is 17.8 Å². The standard InChI is InChI=1S/C22H18N6O4S/c1-27-14-24-26-22(27)33-13-15-5-7-16(8-6-15)21(29)25-23-12-19-9-10-20(32-19)17-3-2-4-18(11-17)28(30)31/h2-12,14H,13H2,1H3,(H,25,29)/b23-12+. The Morgan fingerprint density at radius 1 is 1.24 bits per heavy atom. The van der Waals surface area contributed by atoms with Gasteiger partial charge in [0, 0.05) is 36.1 Å². The van der Waals surface area contributed by atoms with Crippen LogP contribution in [0, 0.1) is 10.1 Å². The number of nitro benzene ring substituents is 1. The first-order chi connectivity index (χ1) is 16.0. The molecule has 0 fully saturated rings. The lowest BCUT2D eigenvalue weighted by atomic mass is 10.1. The second-order valence-electron chi connectivity index (χ2n) is 6.92. The summed E-state index contributed by atoms with van der Waals surface area (Å²) >= 11 is 1.56. The lowest BCUT2D eigenvalue weighted by Crippen LogP contribution is -2.17. The average molecular weight is 462 g/mol. The first kappa shape index (κ1) is 22.0. The highest BCUT2D eigenvalue weighted by molar-refractivity contribution is 7.98. The number of non-ortho nitro benzene ring substituents is 1. The second-order valence-corrected chi connectivity index (χ2v) is 7.86. The number of thioether (sulfide) groups is 1. The van der Waals surface area contributed by atoms with Crippen LogP contribution < -0.4 is 5.43 Å². The van der Waals surface area contributed by atoms with Crippen molar-refractivity contribution in [3.05, 3.63) is 94.0 Å². The first-order valence-electron chi connectivity index (χ1n) is 9.73. The van der Waals surface area contributed by atoms with Crippen LogP contribution in [0.15, 0.2) is 81.7 Å². The monoisotopic (exact) mass is 462 g/mol. The van der Waals surface area contributed by atoms with E-state index >= 15 is 0 Å². The van der Waals surface area contributed by atoms with Gasteiger partial charge in [0.25, 0.3) is 11.6 Å². The fraction of sp³-hybridized carbons (Fsp3) is 0.0909. The van der Waals surface area contributed by atoms with Gasteiger partial charge in [-0.2, -0.15) is 5.10 Å². The van der Waals surface area contributed by atoms with Gasteiger partial charge < -0.3 is 8.98 Å². The van der Waals surface area contributed by atoms with E-state index in [-0.39, 0.29) is 11.6 Å². The molecule has 0 aliphatic carbocycles. The van der Waals surface area contributed by atoms with Crippen molar-refractivity contribution in [1.82, 2.24) is 20.2 Å². The number of hydrazone groups is 1. The molecule has 0 bridgehead atoms. The molecule has 2 heterocycles. The minimum atomic E-state index is -0.465. The van der Waals surface area contributed by atoms with E-state index in [1.807, 2.05) is 23.7 Å². The van der Waals surface area contributed by atoms with Gasteiger partial charge in [-0.25, -0.2) is 5.43 Å². The van der Waals surface area contributed by atoms with E-state index in [9.17, 15) is 14.9 Å². The Bertz CT molecular complexity index is 1310. The van der Waals surface area contributed by atoms with Gasteiger partial charge in [-0.05, 0) is 29.8 Å². The van der Waals surface area contributed by atoms with Crippen molar-refractivity contribution in [2.45, 2.75) is 10.9 Å². The molecule has 0 atom stereocenters. The number of amides is 1. The fourth-order valence-corrected chi connectivity index (χ4v) is 3.72. The van der Waals surface area contributed by atoms with Crippen LogP contribution in [0.2, 0.25) is 0 Å². The third kappa shape index (κ3) is 5.52. The highest BCUT2D eigenvalue weighted by atomic mass is 32.2. The molecule has 0 aliphatic rings.